The van der Waals surface area contributed by atoms with Crippen molar-refractivity contribution >= 4 is 69.3 Å². The lowest BCUT2D eigenvalue weighted by Gasteiger charge is -2.28. The van der Waals surface area contributed by atoms with Gasteiger partial charge in [0.2, 0.25) is 3.79 Å². The second-order valence-corrected chi connectivity index (χ2v) is 8.49. The quantitative estimate of drug-likeness (QED) is 0.444. The highest BCUT2D eigenvalue weighted by Gasteiger charge is 2.36. The molecule has 11 heteroatoms. The van der Waals surface area contributed by atoms with Crippen molar-refractivity contribution in [2.24, 2.45) is 0 Å². The fourth-order valence-electron chi connectivity index (χ4n) is 1.78. The van der Waals surface area contributed by atoms with Gasteiger partial charge in [0.1, 0.15) is 6.17 Å². The molecule has 1 atom stereocenters. The van der Waals surface area contributed by atoms with Crippen molar-refractivity contribution in [2.75, 3.05) is 5.32 Å². The highest BCUT2D eigenvalue weighted by atomic mass is 35.6. The first-order valence-electron chi connectivity index (χ1n) is 6.53. The summed E-state index contributed by atoms with van der Waals surface area (Å²) in [4.78, 5) is 12.5. The van der Waals surface area contributed by atoms with Gasteiger partial charge in [0.05, 0.1) is 21.2 Å². The molecule has 2 aromatic rings. The molecule has 2 N–H and O–H groups in total. The van der Waals surface area contributed by atoms with E-state index in [0.29, 0.717) is 4.88 Å². The van der Waals surface area contributed by atoms with Gasteiger partial charge < -0.3 is 10.6 Å². The number of benzene rings is 1. The third-order valence-electron chi connectivity index (χ3n) is 2.94. The third kappa shape index (κ3) is 5.56. The zero-order valence-electron chi connectivity index (χ0n) is 12.0. The van der Waals surface area contributed by atoms with Crippen LogP contribution in [0.5, 0.6) is 0 Å². The van der Waals surface area contributed by atoms with E-state index in [9.17, 15) is 18.0 Å². The summed E-state index contributed by atoms with van der Waals surface area (Å²) < 4.78 is 36.5. The van der Waals surface area contributed by atoms with Crippen LogP contribution < -0.4 is 10.6 Å². The molecule has 0 saturated heterocycles. The monoisotopic (exact) mass is 450 g/mol. The topological polar surface area (TPSA) is 41.1 Å². The molecule has 0 unspecified atom stereocenters. The zero-order chi connectivity index (χ0) is 18.8. The van der Waals surface area contributed by atoms with Crippen LogP contribution >= 0.6 is 57.7 Å². The lowest BCUT2D eigenvalue weighted by Crippen LogP contribution is -2.49. The van der Waals surface area contributed by atoms with Crippen molar-refractivity contribution < 1.29 is 18.0 Å². The number of thiophene rings is 1. The number of rotatable bonds is 4. The van der Waals surface area contributed by atoms with E-state index in [2.05, 4.69) is 10.6 Å². The Hall–Kier alpha value is -0.860. The average Bonchev–Trinajstić information content (AvgIpc) is 3.00. The predicted octanol–water partition coefficient (Wildman–Crippen LogP) is 5.96. The van der Waals surface area contributed by atoms with Crippen molar-refractivity contribution in [3.63, 3.8) is 0 Å². The van der Waals surface area contributed by atoms with Crippen LogP contribution in [0.25, 0.3) is 0 Å². The summed E-state index contributed by atoms with van der Waals surface area (Å²) in [7, 11) is 0. The van der Waals surface area contributed by atoms with E-state index in [-0.39, 0.29) is 10.7 Å². The lowest BCUT2D eigenvalue weighted by molar-refractivity contribution is -0.137. The van der Waals surface area contributed by atoms with Gasteiger partial charge in [-0.1, -0.05) is 52.5 Å². The number of nitrogens with one attached hydrogen (secondary N) is 2. The van der Waals surface area contributed by atoms with Gasteiger partial charge in [-0.2, -0.15) is 13.2 Å². The Labute approximate surface area is 165 Å². The number of hydrogen-bond acceptors (Lipinski definition) is 3. The highest BCUT2D eigenvalue weighted by Crippen LogP contribution is 2.36. The predicted molar refractivity (Wildman–Crippen MR) is 95.9 cm³/mol. The largest absolute Gasteiger partial charge is 0.416 e. The summed E-state index contributed by atoms with van der Waals surface area (Å²) in [6.07, 6.45) is -5.90. The van der Waals surface area contributed by atoms with Gasteiger partial charge in [-0.25, -0.2) is 0 Å². The average molecular weight is 452 g/mol. The van der Waals surface area contributed by atoms with Gasteiger partial charge >= 0.3 is 6.18 Å². The Morgan fingerprint density at radius 1 is 1.16 bits per heavy atom. The summed E-state index contributed by atoms with van der Waals surface area (Å²) >= 11 is 24.5. The van der Waals surface area contributed by atoms with Crippen molar-refractivity contribution in [1.82, 2.24) is 5.32 Å². The summed E-state index contributed by atoms with van der Waals surface area (Å²) in [5.41, 5.74) is -1.08. The van der Waals surface area contributed by atoms with Gasteiger partial charge in [0, 0.05) is 0 Å². The first-order valence-corrected chi connectivity index (χ1v) is 8.92. The molecular weight excluding hydrogens is 443 g/mol. The molecule has 3 nitrogen and oxygen atoms in total. The summed E-state index contributed by atoms with van der Waals surface area (Å²) in [6, 6.07) is 5.85. The molecule has 1 amide bonds. The van der Waals surface area contributed by atoms with Crippen molar-refractivity contribution in [2.45, 2.75) is 16.1 Å². The SMILES string of the molecule is O=C(N[C@@H](Nc1cc(C(F)(F)F)ccc1Cl)C(Cl)(Cl)Cl)c1cccs1. The van der Waals surface area contributed by atoms with Gasteiger partial charge in [-0.15, -0.1) is 11.3 Å². The maximum absolute atomic E-state index is 12.8. The number of carbonyl (C=O) groups excluding carboxylic acids is 1. The molecule has 1 heterocycles. The molecular formula is C14H9Cl4F3N2OS. The van der Waals surface area contributed by atoms with E-state index in [0.717, 1.165) is 29.5 Å². The fourth-order valence-corrected chi connectivity index (χ4v) is 2.90. The maximum atomic E-state index is 12.8. The zero-order valence-corrected chi connectivity index (χ0v) is 15.8. The number of anilines is 1. The highest BCUT2D eigenvalue weighted by molar-refractivity contribution is 7.12. The van der Waals surface area contributed by atoms with Crippen molar-refractivity contribution in [3.8, 4) is 0 Å². The molecule has 0 saturated carbocycles. The van der Waals surface area contributed by atoms with Crippen LogP contribution in [0.15, 0.2) is 35.7 Å². The maximum Gasteiger partial charge on any atom is 0.416 e. The number of alkyl halides is 6. The Morgan fingerprint density at radius 3 is 2.36 bits per heavy atom. The molecule has 0 aliphatic carbocycles. The van der Waals surface area contributed by atoms with Gasteiger partial charge in [-0.05, 0) is 29.6 Å². The molecule has 0 radical (unpaired) electrons. The van der Waals surface area contributed by atoms with E-state index in [1.165, 1.54) is 0 Å². The molecule has 1 aromatic heterocycles. The van der Waals surface area contributed by atoms with Gasteiger partial charge in [0.25, 0.3) is 5.91 Å². The van der Waals surface area contributed by atoms with E-state index >= 15 is 0 Å². The van der Waals surface area contributed by atoms with E-state index in [4.69, 9.17) is 46.4 Å². The van der Waals surface area contributed by atoms with Crippen molar-refractivity contribution in [3.05, 3.63) is 51.2 Å². The summed E-state index contributed by atoms with van der Waals surface area (Å²) in [5.74, 6) is -0.554. The molecule has 0 aliphatic rings. The molecule has 2 rings (SSSR count). The molecule has 0 aliphatic heterocycles. The van der Waals surface area contributed by atoms with Crippen LogP contribution in [-0.4, -0.2) is 15.9 Å². The first kappa shape index (κ1) is 20.5. The summed E-state index contributed by atoms with van der Waals surface area (Å²) in [6.45, 7) is 0. The summed E-state index contributed by atoms with van der Waals surface area (Å²) in [5, 5.41) is 6.60. The van der Waals surface area contributed by atoms with E-state index in [1.54, 1.807) is 17.5 Å². The molecule has 0 spiro atoms. The van der Waals surface area contributed by atoms with Crippen LogP contribution in [0.2, 0.25) is 5.02 Å². The molecule has 0 fully saturated rings. The van der Waals surface area contributed by atoms with Gasteiger partial charge in [-0.3, -0.25) is 4.79 Å². The second-order valence-electron chi connectivity index (χ2n) is 4.76. The normalized spacial score (nSPS) is 13.4. The number of amides is 1. The van der Waals surface area contributed by atoms with E-state index < -0.39 is 27.6 Å². The second kappa shape index (κ2) is 7.80. The molecule has 1 aromatic carbocycles. The number of hydrogen-bond donors (Lipinski definition) is 2. The minimum Gasteiger partial charge on any atom is -0.361 e. The number of halogens is 7. The van der Waals surface area contributed by atoms with Crippen molar-refractivity contribution in [1.29, 1.82) is 0 Å². The smallest absolute Gasteiger partial charge is 0.361 e. The molecule has 136 valence electrons. The Balaban J connectivity index is 2.27. The minimum atomic E-state index is -4.57. The Kier molecular flexibility index (Phi) is 6.38. The fraction of sp³-hybridized carbons (Fsp3) is 0.214. The van der Waals surface area contributed by atoms with E-state index in [1.807, 2.05) is 0 Å². The Morgan fingerprint density at radius 2 is 1.84 bits per heavy atom. The van der Waals surface area contributed by atoms with Crippen LogP contribution in [0, 0.1) is 0 Å². The van der Waals surface area contributed by atoms with Crippen LogP contribution in [0.1, 0.15) is 15.2 Å². The minimum absolute atomic E-state index is 0.0300. The standard InChI is InChI=1S/C14H9Cl4F3N2OS/c15-8-4-3-7(14(19,20)21)6-9(8)22-12(13(16,17)18)23-11(24)10-2-1-5-25-10/h1-6,12,22H,(H,23,24)/t12-/m1/s1. The first-order chi connectivity index (χ1) is 11.5. The number of carbonyl (C=O) groups is 1. The van der Waals surface area contributed by atoms with Crippen LogP contribution in [0.3, 0.4) is 0 Å². The Bertz CT molecular complexity index is 748. The molecule has 25 heavy (non-hydrogen) atoms. The molecule has 0 bridgehead atoms. The third-order valence-corrected chi connectivity index (χ3v) is 4.79. The lowest BCUT2D eigenvalue weighted by atomic mass is 10.2. The van der Waals surface area contributed by atoms with Gasteiger partial charge in [0.15, 0.2) is 0 Å². The van der Waals surface area contributed by atoms with Crippen LogP contribution in [-0.2, 0) is 6.18 Å². The van der Waals surface area contributed by atoms with Crippen LogP contribution in [0.4, 0.5) is 18.9 Å².